The Bertz CT molecular complexity index is 706. The summed E-state index contributed by atoms with van der Waals surface area (Å²) >= 11 is 0. The number of carboxylic acid groups (broad SMARTS) is 1. The Labute approximate surface area is 178 Å². The number of carboxylic acids is 1. The third-order valence-electron chi connectivity index (χ3n) is 5.77. The lowest BCUT2D eigenvalue weighted by Crippen LogP contribution is -2.51. The fourth-order valence-electron chi connectivity index (χ4n) is 3.96. The van der Waals surface area contributed by atoms with Gasteiger partial charge in [0, 0.05) is 25.3 Å². The molecule has 3 heterocycles. The highest BCUT2D eigenvalue weighted by molar-refractivity contribution is 5.82. The molecule has 0 radical (unpaired) electrons. The molecule has 1 aromatic heterocycles. The third kappa shape index (κ3) is 6.86. The molecule has 30 heavy (non-hydrogen) atoms. The summed E-state index contributed by atoms with van der Waals surface area (Å²) in [5.74, 6) is 0.0845. The number of aryl methyl sites for hydroxylation is 2. The van der Waals surface area contributed by atoms with Crippen molar-refractivity contribution in [2.75, 3.05) is 38.2 Å². The molecule has 1 aromatic rings. The number of amides is 2. The first-order valence-electron chi connectivity index (χ1n) is 11.2. The molecule has 0 aliphatic carbocycles. The lowest BCUT2D eigenvalue weighted by Gasteiger charge is -2.28. The smallest absolute Gasteiger partial charge is 0.326 e. The van der Waals surface area contributed by atoms with Crippen LogP contribution in [0, 0.1) is 0 Å². The van der Waals surface area contributed by atoms with Gasteiger partial charge in [0.25, 0.3) is 0 Å². The summed E-state index contributed by atoms with van der Waals surface area (Å²) in [5, 5.41) is 15.4. The van der Waals surface area contributed by atoms with E-state index in [1.54, 1.807) is 4.90 Å². The van der Waals surface area contributed by atoms with E-state index in [2.05, 4.69) is 22.8 Å². The minimum atomic E-state index is -0.969. The van der Waals surface area contributed by atoms with E-state index in [0.29, 0.717) is 32.7 Å². The van der Waals surface area contributed by atoms with Crippen LogP contribution in [0.5, 0.6) is 0 Å². The summed E-state index contributed by atoms with van der Waals surface area (Å²) in [7, 11) is 0. The Balaban J connectivity index is 1.28. The SMILES string of the molecule is O=C(O)C(CCCCCCCc1ccc2c(n1)NCCC2)NC(=O)N1CCOCC1. The molecular weight excluding hydrogens is 384 g/mol. The summed E-state index contributed by atoms with van der Waals surface area (Å²) in [5.41, 5.74) is 2.46. The predicted molar refractivity (Wildman–Crippen MR) is 115 cm³/mol. The standard InChI is InChI=1S/C22H34N4O4/c27-21(28)19(25-22(29)26-13-15-30-16-14-26)9-5-3-1-2-4-8-18-11-10-17-7-6-12-23-20(17)24-18/h10-11,19H,1-9,12-16H2,(H,23,24)(H,25,29)(H,27,28). The number of urea groups is 1. The molecule has 8 nitrogen and oxygen atoms in total. The van der Waals surface area contributed by atoms with Gasteiger partial charge < -0.3 is 25.4 Å². The van der Waals surface area contributed by atoms with Crippen molar-refractivity contribution in [3.8, 4) is 0 Å². The topological polar surface area (TPSA) is 104 Å². The Kier molecular flexibility index (Phi) is 8.74. The summed E-state index contributed by atoms with van der Waals surface area (Å²) in [6.45, 7) is 3.03. The number of rotatable bonds is 10. The van der Waals surface area contributed by atoms with Crippen LogP contribution in [0.2, 0.25) is 0 Å². The second kappa shape index (κ2) is 11.7. The first-order valence-corrected chi connectivity index (χ1v) is 11.2. The number of nitrogens with one attached hydrogen (secondary N) is 2. The average molecular weight is 419 g/mol. The molecule has 0 aromatic carbocycles. The number of carbonyl (C=O) groups is 2. The molecule has 3 rings (SSSR count). The van der Waals surface area contributed by atoms with E-state index in [-0.39, 0.29) is 6.03 Å². The number of anilines is 1. The van der Waals surface area contributed by atoms with Crippen LogP contribution in [0.3, 0.4) is 0 Å². The molecular formula is C22H34N4O4. The zero-order valence-electron chi connectivity index (χ0n) is 17.7. The number of ether oxygens (including phenoxy) is 1. The van der Waals surface area contributed by atoms with Crippen molar-refractivity contribution in [3.63, 3.8) is 0 Å². The molecule has 0 bridgehead atoms. The molecule has 0 saturated carbocycles. The average Bonchev–Trinajstić information content (AvgIpc) is 2.77. The first kappa shape index (κ1) is 22.3. The van der Waals surface area contributed by atoms with E-state index in [1.807, 2.05) is 0 Å². The van der Waals surface area contributed by atoms with Crippen molar-refractivity contribution in [1.82, 2.24) is 15.2 Å². The second-order valence-electron chi connectivity index (χ2n) is 8.09. The summed E-state index contributed by atoms with van der Waals surface area (Å²) < 4.78 is 5.22. The minimum absolute atomic E-state index is 0.308. The maximum Gasteiger partial charge on any atom is 0.326 e. The molecule has 166 valence electrons. The lowest BCUT2D eigenvalue weighted by atomic mass is 10.0. The monoisotopic (exact) mass is 418 g/mol. The van der Waals surface area contributed by atoms with Crippen LogP contribution in [0.25, 0.3) is 0 Å². The van der Waals surface area contributed by atoms with Gasteiger partial charge in [0.05, 0.1) is 13.2 Å². The molecule has 2 aliphatic rings. The fourth-order valence-corrected chi connectivity index (χ4v) is 3.96. The van der Waals surface area contributed by atoms with E-state index in [1.165, 1.54) is 12.0 Å². The Hall–Kier alpha value is -2.35. The normalized spacial score (nSPS) is 17.0. The van der Waals surface area contributed by atoms with E-state index in [0.717, 1.165) is 63.0 Å². The largest absolute Gasteiger partial charge is 0.480 e. The van der Waals surface area contributed by atoms with Crippen molar-refractivity contribution in [1.29, 1.82) is 0 Å². The van der Waals surface area contributed by atoms with Crippen molar-refractivity contribution in [2.45, 2.75) is 63.8 Å². The van der Waals surface area contributed by atoms with Gasteiger partial charge in [0.1, 0.15) is 11.9 Å². The van der Waals surface area contributed by atoms with Crippen LogP contribution in [0.15, 0.2) is 12.1 Å². The van der Waals surface area contributed by atoms with Crippen molar-refractivity contribution in [3.05, 3.63) is 23.4 Å². The Morgan fingerprint density at radius 2 is 1.93 bits per heavy atom. The fraction of sp³-hybridized carbons (Fsp3) is 0.682. The first-order chi connectivity index (χ1) is 14.6. The minimum Gasteiger partial charge on any atom is -0.480 e. The number of pyridine rings is 1. The maximum absolute atomic E-state index is 12.2. The molecule has 0 spiro atoms. The van der Waals surface area contributed by atoms with Crippen LogP contribution in [0.4, 0.5) is 10.6 Å². The predicted octanol–water partition coefficient (Wildman–Crippen LogP) is 2.82. The quantitative estimate of drug-likeness (QED) is 0.505. The van der Waals surface area contributed by atoms with Gasteiger partial charge in [-0.1, -0.05) is 31.7 Å². The number of morpholine rings is 1. The highest BCUT2D eigenvalue weighted by atomic mass is 16.5. The van der Waals surface area contributed by atoms with Gasteiger partial charge in [-0.05, 0) is 43.7 Å². The molecule has 2 aliphatic heterocycles. The molecule has 8 heteroatoms. The van der Waals surface area contributed by atoms with Crippen LogP contribution >= 0.6 is 0 Å². The van der Waals surface area contributed by atoms with Gasteiger partial charge in [-0.3, -0.25) is 0 Å². The van der Waals surface area contributed by atoms with Crippen molar-refractivity contribution in [2.24, 2.45) is 0 Å². The Morgan fingerprint density at radius 1 is 1.17 bits per heavy atom. The third-order valence-corrected chi connectivity index (χ3v) is 5.77. The zero-order chi connectivity index (χ0) is 21.2. The molecule has 1 atom stereocenters. The van der Waals surface area contributed by atoms with E-state index >= 15 is 0 Å². The van der Waals surface area contributed by atoms with Gasteiger partial charge in [-0.15, -0.1) is 0 Å². The number of hydrogen-bond donors (Lipinski definition) is 3. The van der Waals surface area contributed by atoms with Gasteiger partial charge in [-0.2, -0.15) is 0 Å². The molecule has 3 N–H and O–H groups in total. The lowest BCUT2D eigenvalue weighted by molar-refractivity contribution is -0.139. The number of aliphatic carboxylic acids is 1. The summed E-state index contributed by atoms with van der Waals surface area (Å²) in [4.78, 5) is 30.0. The Morgan fingerprint density at radius 3 is 2.73 bits per heavy atom. The molecule has 2 amide bonds. The number of fused-ring (bicyclic) bond motifs is 1. The van der Waals surface area contributed by atoms with Crippen LogP contribution < -0.4 is 10.6 Å². The number of aromatic nitrogens is 1. The number of carbonyl (C=O) groups excluding carboxylic acids is 1. The number of unbranched alkanes of at least 4 members (excludes halogenated alkanes) is 4. The zero-order valence-corrected chi connectivity index (χ0v) is 17.7. The number of hydrogen-bond acceptors (Lipinski definition) is 5. The van der Waals surface area contributed by atoms with Gasteiger partial charge in [-0.25, -0.2) is 14.6 Å². The number of nitrogens with zero attached hydrogens (tertiary/aromatic N) is 2. The van der Waals surface area contributed by atoms with Crippen molar-refractivity contribution < 1.29 is 19.4 Å². The van der Waals surface area contributed by atoms with E-state index in [4.69, 9.17) is 9.72 Å². The van der Waals surface area contributed by atoms with Crippen LogP contribution in [-0.2, 0) is 22.4 Å². The molecule has 1 unspecified atom stereocenters. The van der Waals surface area contributed by atoms with Crippen molar-refractivity contribution >= 4 is 17.8 Å². The summed E-state index contributed by atoms with van der Waals surface area (Å²) in [6.07, 6.45) is 8.73. The highest BCUT2D eigenvalue weighted by Gasteiger charge is 2.23. The maximum atomic E-state index is 12.2. The highest BCUT2D eigenvalue weighted by Crippen LogP contribution is 2.20. The second-order valence-corrected chi connectivity index (χ2v) is 8.09. The van der Waals surface area contributed by atoms with Crippen LogP contribution in [-0.4, -0.2) is 65.9 Å². The summed E-state index contributed by atoms with van der Waals surface area (Å²) in [6, 6.07) is 3.20. The van der Waals surface area contributed by atoms with Gasteiger partial charge >= 0.3 is 12.0 Å². The van der Waals surface area contributed by atoms with Gasteiger partial charge in [0.15, 0.2) is 0 Å². The van der Waals surface area contributed by atoms with E-state index in [9.17, 15) is 14.7 Å². The molecule has 1 fully saturated rings. The van der Waals surface area contributed by atoms with Gasteiger partial charge in [0.2, 0.25) is 0 Å². The van der Waals surface area contributed by atoms with Crippen LogP contribution in [0.1, 0.15) is 56.2 Å². The van der Waals surface area contributed by atoms with E-state index < -0.39 is 12.0 Å². The molecule has 1 saturated heterocycles.